The van der Waals surface area contributed by atoms with Crippen LogP contribution in [0.1, 0.15) is 37.6 Å². The van der Waals surface area contributed by atoms with Crippen LogP contribution in [0.5, 0.6) is 11.5 Å². The van der Waals surface area contributed by atoms with Gasteiger partial charge in [0.25, 0.3) is 0 Å². The smallest absolute Gasteiger partial charge is 0.157 e. The van der Waals surface area contributed by atoms with Crippen molar-refractivity contribution in [1.82, 2.24) is 15.0 Å². The van der Waals surface area contributed by atoms with Crippen LogP contribution in [0.4, 0.5) is 0 Å². The van der Waals surface area contributed by atoms with Gasteiger partial charge in [0.15, 0.2) is 11.5 Å². The first kappa shape index (κ1) is 16.1. The van der Waals surface area contributed by atoms with E-state index < -0.39 is 0 Å². The Morgan fingerprint density at radius 2 is 1.67 bits per heavy atom. The fraction of sp³-hybridized carbons (Fsp3) is 0.263. The van der Waals surface area contributed by atoms with Crippen molar-refractivity contribution in [2.75, 3.05) is 0 Å². The molecule has 0 bridgehead atoms. The molecule has 24 heavy (non-hydrogen) atoms. The summed E-state index contributed by atoms with van der Waals surface area (Å²) >= 11 is 0. The number of nitrogens with zero attached hydrogens (tertiary/aromatic N) is 3. The van der Waals surface area contributed by atoms with E-state index in [1.54, 1.807) is 10.7 Å². The predicted octanol–water partition coefficient (Wildman–Crippen LogP) is 3.57. The predicted molar refractivity (Wildman–Crippen MR) is 92.6 cm³/mol. The average molecular weight is 323 g/mol. The Kier molecular flexibility index (Phi) is 4.01. The average Bonchev–Trinajstić information content (AvgIpc) is 2.99. The molecule has 2 aromatic carbocycles. The third-order valence-corrected chi connectivity index (χ3v) is 3.96. The molecular weight excluding hydrogens is 302 g/mol. The summed E-state index contributed by atoms with van der Waals surface area (Å²) in [5.74, 6) is -0.251. The van der Waals surface area contributed by atoms with Gasteiger partial charge in [0.1, 0.15) is 0 Å². The van der Waals surface area contributed by atoms with Crippen LogP contribution in [0, 0.1) is 0 Å². The second-order valence-electron chi connectivity index (χ2n) is 6.95. The Balaban J connectivity index is 1.79. The Bertz CT molecular complexity index is 846. The lowest BCUT2D eigenvalue weighted by atomic mass is 9.87. The molecule has 2 N–H and O–H groups in total. The fourth-order valence-corrected chi connectivity index (χ4v) is 2.51. The van der Waals surface area contributed by atoms with Crippen molar-refractivity contribution in [3.63, 3.8) is 0 Å². The van der Waals surface area contributed by atoms with E-state index in [4.69, 9.17) is 0 Å². The molecule has 124 valence electrons. The summed E-state index contributed by atoms with van der Waals surface area (Å²) in [6.45, 7) is 6.55. The van der Waals surface area contributed by atoms with Gasteiger partial charge in [-0.25, -0.2) is 4.68 Å². The lowest BCUT2D eigenvalue weighted by Crippen LogP contribution is -2.10. The van der Waals surface area contributed by atoms with Crippen LogP contribution < -0.4 is 0 Å². The number of rotatable bonds is 3. The SMILES string of the molecule is CC(C)(C)c1ccc(-n2cc(Cc3ccc(O)c(O)c3)nn2)cc1. The summed E-state index contributed by atoms with van der Waals surface area (Å²) in [5.41, 5.74) is 3.99. The van der Waals surface area contributed by atoms with E-state index in [0.29, 0.717) is 6.42 Å². The van der Waals surface area contributed by atoms with E-state index in [-0.39, 0.29) is 16.9 Å². The topological polar surface area (TPSA) is 71.2 Å². The van der Waals surface area contributed by atoms with Crippen LogP contribution in [0.2, 0.25) is 0 Å². The van der Waals surface area contributed by atoms with Gasteiger partial charge >= 0.3 is 0 Å². The molecule has 0 saturated carbocycles. The fourth-order valence-electron chi connectivity index (χ4n) is 2.51. The van der Waals surface area contributed by atoms with Crippen molar-refractivity contribution in [3.8, 4) is 17.2 Å². The van der Waals surface area contributed by atoms with E-state index >= 15 is 0 Å². The maximum Gasteiger partial charge on any atom is 0.157 e. The quantitative estimate of drug-likeness (QED) is 0.723. The summed E-state index contributed by atoms with van der Waals surface area (Å²) < 4.78 is 1.74. The molecule has 0 saturated heterocycles. The van der Waals surface area contributed by atoms with E-state index in [9.17, 15) is 10.2 Å². The van der Waals surface area contributed by atoms with E-state index in [2.05, 4.69) is 43.2 Å². The van der Waals surface area contributed by atoms with Crippen molar-refractivity contribution in [1.29, 1.82) is 0 Å². The molecule has 0 aliphatic rings. The second-order valence-corrected chi connectivity index (χ2v) is 6.95. The lowest BCUT2D eigenvalue weighted by Gasteiger charge is -2.19. The summed E-state index contributed by atoms with van der Waals surface area (Å²) in [6.07, 6.45) is 2.41. The van der Waals surface area contributed by atoms with Crippen molar-refractivity contribution in [3.05, 3.63) is 65.5 Å². The molecule has 0 fully saturated rings. The molecule has 1 aromatic heterocycles. The largest absolute Gasteiger partial charge is 0.504 e. The number of benzene rings is 2. The molecule has 5 heteroatoms. The summed E-state index contributed by atoms with van der Waals surface area (Å²) in [6, 6.07) is 13.0. The molecule has 5 nitrogen and oxygen atoms in total. The third kappa shape index (κ3) is 3.40. The number of hydrogen-bond acceptors (Lipinski definition) is 4. The number of aromatic hydroxyl groups is 2. The Hall–Kier alpha value is -2.82. The van der Waals surface area contributed by atoms with Gasteiger partial charge in [0, 0.05) is 6.42 Å². The van der Waals surface area contributed by atoms with Crippen LogP contribution in [0.25, 0.3) is 5.69 Å². The minimum Gasteiger partial charge on any atom is -0.504 e. The lowest BCUT2D eigenvalue weighted by molar-refractivity contribution is 0.403. The van der Waals surface area contributed by atoms with Crippen molar-refractivity contribution >= 4 is 0 Å². The number of hydrogen-bond donors (Lipinski definition) is 2. The van der Waals surface area contributed by atoms with Crippen LogP contribution in [0.15, 0.2) is 48.7 Å². The molecule has 3 rings (SSSR count). The normalized spacial score (nSPS) is 11.6. The molecule has 0 amide bonds. The van der Waals surface area contributed by atoms with Gasteiger partial charge in [-0.2, -0.15) is 0 Å². The minimum absolute atomic E-state index is 0.118. The van der Waals surface area contributed by atoms with E-state index in [1.165, 1.54) is 17.7 Å². The first-order chi connectivity index (χ1) is 11.3. The number of phenols is 2. The van der Waals surface area contributed by atoms with Crippen LogP contribution in [-0.4, -0.2) is 25.2 Å². The van der Waals surface area contributed by atoms with Crippen molar-refractivity contribution < 1.29 is 10.2 Å². The molecular formula is C19H21N3O2. The van der Waals surface area contributed by atoms with Gasteiger partial charge in [-0.3, -0.25) is 0 Å². The summed E-state index contributed by atoms with van der Waals surface area (Å²) in [5, 5.41) is 27.3. The zero-order valence-corrected chi connectivity index (χ0v) is 14.1. The summed E-state index contributed by atoms with van der Waals surface area (Å²) in [4.78, 5) is 0. The van der Waals surface area contributed by atoms with Crippen LogP contribution in [0.3, 0.4) is 0 Å². The standard InChI is InChI=1S/C19H21N3O2/c1-19(2,3)14-5-7-16(8-6-14)22-12-15(20-21-22)10-13-4-9-17(23)18(24)11-13/h4-9,11-12,23-24H,10H2,1-3H3. The highest BCUT2D eigenvalue weighted by molar-refractivity contribution is 5.41. The zero-order valence-electron chi connectivity index (χ0n) is 14.1. The highest BCUT2D eigenvalue weighted by Gasteiger charge is 2.13. The maximum atomic E-state index is 9.56. The van der Waals surface area contributed by atoms with Crippen LogP contribution >= 0.6 is 0 Å². The third-order valence-electron chi connectivity index (χ3n) is 3.96. The maximum absolute atomic E-state index is 9.56. The van der Waals surface area contributed by atoms with Crippen LogP contribution in [-0.2, 0) is 11.8 Å². The van der Waals surface area contributed by atoms with Gasteiger partial charge in [-0.15, -0.1) is 5.10 Å². The Morgan fingerprint density at radius 1 is 0.958 bits per heavy atom. The van der Waals surface area contributed by atoms with Gasteiger partial charge in [-0.1, -0.05) is 44.2 Å². The van der Waals surface area contributed by atoms with Crippen molar-refractivity contribution in [2.45, 2.75) is 32.6 Å². The molecule has 3 aromatic rings. The second kappa shape index (κ2) is 6.00. The molecule has 0 spiro atoms. The molecule has 1 heterocycles. The number of phenolic OH excluding ortho intramolecular Hbond substituents is 2. The zero-order chi connectivity index (χ0) is 17.3. The molecule has 0 aliphatic heterocycles. The van der Waals surface area contributed by atoms with Gasteiger partial charge < -0.3 is 10.2 Å². The highest BCUT2D eigenvalue weighted by Crippen LogP contribution is 2.26. The minimum atomic E-state index is -0.127. The van der Waals surface area contributed by atoms with Gasteiger partial charge in [0.2, 0.25) is 0 Å². The molecule has 0 atom stereocenters. The number of aromatic nitrogens is 3. The Morgan fingerprint density at radius 3 is 2.29 bits per heavy atom. The monoisotopic (exact) mass is 323 g/mol. The van der Waals surface area contributed by atoms with Gasteiger partial charge in [-0.05, 0) is 40.8 Å². The molecule has 0 unspecified atom stereocenters. The van der Waals surface area contributed by atoms with E-state index in [1.807, 2.05) is 18.3 Å². The molecule has 0 aliphatic carbocycles. The van der Waals surface area contributed by atoms with E-state index in [0.717, 1.165) is 16.9 Å². The first-order valence-corrected chi connectivity index (χ1v) is 7.86. The first-order valence-electron chi connectivity index (χ1n) is 7.86. The van der Waals surface area contributed by atoms with Gasteiger partial charge in [0.05, 0.1) is 17.6 Å². The highest BCUT2D eigenvalue weighted by atomic mass is 16.3. The van der Waals surface area contributed by atoms with Crippen molar-refractivity contribution in [2.24, 2.45) is 0 Å². The molecule has 0 radical (unpaired) electrons. The summed E-state index contributed by atoms with van der Waals surface area (Å²) in [7, 11) is 0. The Labute approximate surface area is 141 Å².